The highest BCUT2D eigenvalue weighted by Gasteiger charge is 2.46. The van der Waals surface area contributed by atoms with Gasteiger partial charge in [-0.1, -0.05) is 43.3 Å². The van der Waals surface area contributed by atoms with Crippen LogP contribution in [0.5, 0.6) is 17.2 Å². The molecule has 0 spiro atoms. The number of rotatable bonds is 10. The molecule has 1 saturated heterocycles. The lowest BCUT2D eigenvalue weighted by molar-refractivity contribution is -0.139. The van der Waals surface area contributed by atoms with Crippen molar-refractivity contribution in [2.75, 3.05) is 19.8 Å². The molecule has 0 aromatic heterocycles. The summed E-state index contributed by atoms with van der Waals surface area (Å²) in [4.78, 5) is 28.6. The van der Waals surface area contributed by atoms with Crippen LogP contribution < -0.4 is 14.2 Å². The van der Waals surface area contributed by atoms with Crippen molar-refractivity contribution in [1.29, 1.82) is 0 Å². The fourth-order valence-electron chi connectivity index (χ4n) is 5.37. The van der Waals surface area contributed by atoms with E-state index in [1.807, 2.05) is 69.3 Å². The summed E-state index contributed by atoms with van der Waals surface area (Å²) < 4.78 is 17.6. The minimum Gasteiger partial charge on any atom is -0.507 e. The lowest BCUT2D eigenvalue weighted by Gasteiger charge is -2.26. The molecule has 208 valence electrons. The van der Waals surface area contributed by atoms with Gasteiger partial charge in [-0.25, -0.2) is 0 Å². The molecule has 1 fully saturated rings. The average molecular weight is 542 g/mol. The van der Waals surface area contributed by atoms with E-state index in [0.717, 1.165) is 23.3 Å². The van der Waals surface area contributed by atoms with E-state index in [1.165, 1.54) is 0 Å². The van der Waals surface area contributed by atoms with Crippen molar-refractivity contribution in [1.82, 2.24) is 4.90 Å². The molecular formula is C33H35NO6. The zero-order valence-electron chi connectivity index (χ0n) is 23.2. The number of aliphatic hydroxyl groups excluding tert-OH is 1. The van der Waals surface area contributed by atoms with Crippen LogP contribution in [0.15, 0.2) is 72.3 Å². The van der Waals surface area contributed by atoms with Gasteiger partial charge in [0.15, 0.2) is 11.5 Å². The normalized spacial score (nSPS) is 19.4. The largest absolute Gasteiger partial charge is 0.507 e. The van der Waals surface area contributed by atoms with E-state index in [2.05, 4.69) is 0 Å². The van der Waals surface area contributed by atoms with E-state index in [4.69, 9.17) is 14.2 Å². The smallest absolute Gasteiger partial charge is 0.295 e. The van der Waals surface area contributed by atoms with Crippen molar-refractivity contribution in [3.8, 4) is 17.2 Å². The molecule has 3 aromatic carbocycles. The van der Waals surface area contributed by atoms with Gasteiger partial charge in [-0.15, -0.1) is 0 Å². The van der Waals surface area contributed by atoms with Gasteiger partial charge in [0.1, 0.15) is 17.6 Å². The molecule has 2 aliphatic heterocycles. The van der Waals surface area contributed by atoms with Gasteiger partial charge in [0.05, 0.1) is 24.8 Å². The van der Waals surface area contributed by atoms with Crippen molar-refractivity contribution in [3.05, 3.63) is 94.6 Å². The van der Waals surface area contributed by atoms with E-state index >= 15 is 0 Å². The average Bonchev–Trinajstić information content (AvgIpc) is 3.46. The second kappa shape index (κ2) is 11.9. The number of hydrogen-bond acceptors (Lipinski definition) is 6. The van der Waals surface area contributed by atoms with Crippen LogP contribution in [0.4, 0.5) is 0 Å². The van der Waals surface area contributed by atoms with Gasteiger partial charge in [0.2, 0.25) is 0 Å². The maximum Gasteiger partial charge on any atom is 0.295 e. The summed E-state index contributed by atoms with van der Waals surface area (Å²) >= 11 is 0. The van der Waals surface area contributed by atoms with Crippen LogP contribution in [0.3, 0.4) is 0 Å². The molecule has 2 atom stereocenters. The first-order valence-electron chi connectivity index (χ1n) is 13.9. The number of fused-ring (bicyclic) bond motifs is 1. The van der Waals surface area contributed by atoms with E-state index < -0.39 is 17.7 Å². The van der Waals surface area contributed by atoms with Crippen LogP contribution in [0.1, 0.15) is 55.5 Å². The number of ether oxygens (including phenoxy) is 3. The van der Waals surface area contributed by atoms with Crippen LogP contribution >= 0.6 is 0 Å². The number of benzene rings is 3. The highest BCUT2D eigenvalue weighted by Crippen LogP contribution is 2.43. The molecule has 3 aromatic rings. The summed E-state index contributed by atoms with van der Waals surface area (Å²) in [5.74, 6) is 0.368. The number of hydrogen-bond donors (Lipinski definition) is 1. The highest BCUT2D eigenvalue weighted by molar-refractivity contribution is 6.46. The van der Waals surface area contributed by atoms with E-state index in [-0.39, 0.29) is 17.4 Å². The van der Waals surface area contributed by atoms with Crippen molar-refractivity contribution < 1.29 is 28.9 Å². The van der Waals surface area contributed by atoms with Gasteiger partial charge in [-0.05, 0) is 73.7 Å². The molecule has 7 nitrogen and oxygen atoms in total. The van der Waals surface area contributed by atoms with E-state index in [0.29, 0.717) is 55.2 Å². The number of likely N-dealkylation sites (tertiary alicyclic amines) is 1. The number of amides is 1. The molecule has 0 bridgehead atoms. The number of carbonyl (C=O) groups is 2. The van der Waals surface area contributed by atoms with Gasteiger partial charge in [0.25, 0.3) is 11.7 Å². The highest BCUT2D eigenvalue weighted by atomic mass is 16.5. The Morgan fingerprint density at radius 3 is 2.55 bits per heavy atom. The predicted octanol–water partition coefficient (Wildman–Crippen LogP) is 5.86. The molecule has 0 unspecified atom stereocenters. The quantitative estimate of drug-likeness (QED) is 0.197. The second-order valence-corrected chi connectivity index (χ2v) is 10.2. The zero-order valence-corrected chi connectivity index (χ0v) is 23.2. The fraction of sp³-hybridized carbons (Fsp3) is 0.333. The molecule has 1 N–H and O–H groups in total. The Kier molecular flexibility index (Phi) is 8.10. The molecule has 0 radical (unpaired) electrons. The summed E-state index contributed by atoms with van der Waals surface area (Å²) in [6.07, 6.45) is 2.16. The summed E-state index contributed by atoms with van der Waals surface area (Å²) in [7, 11) is 0. The van der Waals surface area contributed by atoms with Crippen molar-refractivity contribution in [2.24, 2.45) is 0 Å². The van der Waals surface area contributed by atoms with E-state index in [1.54, 1.807) is 23.1 Å². The summed E-state index contributed by atoms with van der Waals surface area (Å²) in [5, 5.41) is 11.6. The number of carbonyl (C=O) groups excluding carboxylic acids is 2. The Hall–Kier alpha value is -4.26. The Labute approximate surface area is 235 Å². The third-order valence-electron chi connectivity index (χ3n) is 7.24. The van der Waals surface area contributed by atoms with Crippen LogP contribution in [0.2, 0.25) is 0 Å². The maximum atomic E-state index is 13.5. The lowest BCUT2D eigenvalue weighted by atomic mass is 9.94. The Morgan fingerprint density at radius 2 is 1.80 bits per heavy atom. The molecule has 40 heavy (non-hydrogen) atoms. The number of Topliss-reactive ketones (excluding diaryl/α,β-unsaturated/α-hetero) is 1. The molecular weight excluding hydrogens is 506 g/mol. The molecule has 0 saturated carbocycles. The molecule has 2 aliphatic rings. The standard InChI is InChI=1S/C33H35NO6/c1-4-17-39-27-14-11-23(20-28(27)38-5-2)30-29(31(35)24-12-13-26-25(19-24)18-21(3)40-26)32(36)33(37)34(30)16-15-22-9-7-6-8-10-22/h6-14,19-21,30,35H,4-5,15-18H2,1-3H3/b31-29+/t21-,30+/m0/s1. The third kappa shape index (κ3) is 5.41. The molecule has 1 amide bonds. The van der Waals surface area contributed by atoms with Crippen molar-refractivity contribution in [3.63, 3.8) is 0 Å². The molecule has 5 rings (SSSR count). The minimum absolute atomic E-state index is 0.0430. The van der Waals surface area contributed by atoms with E-state index in [9.17, 15) is 14.7 Å². The Morgan fingerprint density at radius 1 is 1.00 bits per heavy atom. The first kappa shape index (κ1) is 27.3. The van der Waals surface area contributed by atoms with Gasteiger partial charge in [-0.2, -0.15) is 0 Å². The van der Waals surface area contributed by atoms with Gasteiger partial charge in [0, 0.05) is 18.5 Å². The van der Waals surface area contributed by atoms with Gasteiger partial charge < -0.3 is 24.2 Å². The third-order valence-corrected chi connectivity index (χ3v) is 7.24. The van der Waals surface area contributed by atoms with Gasteiger partial charge >= 0.3 is 0 Å². The fourth-order valence-corrected chi connectivity index (χ4v) is 5.37. The van der Waals surface area contributed by atoms with Crippen LogP contribution in [0.25, 0.3) is 5.76 Å². The Bertz CT molecular complexity index is 1430. The molecule has 0 aliphatic carbocycles. The minimum atomic E-state index is -0.786. The number of ketones is 1. The van der Waals surface area contributed by atoms with Crippen LogP contribution in [0, 0.1) is 0 Å². The maximum absolute atomic E-state index is 13.5. The van der Waals surface area contributed by atoms with Gasteiger partial charge in [-0.3, -0.25) is 9.59 Å². The summed E-state index contributed by atoms with van der Waals surface area (Å²) in [6.45, 7) is 7.18. The SMILES string of the molecule is CCCOc1ccc([C@@H]2/C(=C(\O)c3ccc4c(c3)C[C@H](C)O4)C(=O)C(=O)N2CCc2ccccc2)cc1OCC. The zero-order chi connectivity index (χ0) is 28.2. The first-order chi connectivity index (χ1) is 19.4. The monoisotopic (exact) mass is 541 g/mol. The van der Waals surface area contributed by atoms with Crippen molar-refractivity contribution >= 4 is 17.4 Å². The van der Waals surface area contributed by atoms with Crippen molar-refractivity contribution in [2.45, 2.75) is 52.2 Å². The van der Waals surface area contributed by atoms with Crippen LogP contribution in [-0.2, 0) is 22.4 Å². The second-order valence-electron chi connectivity index (χ2n) is 10.2. The molecule has 7 heteroatoms. The first-order valence-corrected chi connectivity index (χ1v) is 13.9. The number of aliphatic hydroxyl groups is 1. The predicted molar refractivity (Wildman–Crippen MR) is 153 cm³/mol. The summed E-state index contributed by atoms with van der Waals surface area (Å²) in [6, 6.07) is 19.9. The Balaban J connectivity index is 1.59. The summed E-state index contributed by atoms with van der Waals surface area (Å²) in [5.41, 5.74) is 3.22. The lowest BCUT2D eigenvalue weighted by Crippen LogP contribution is -2.31. The number of nitrogens with zero attached hydrogens (tertiary/aromatic N) is 1. The van der Waals surface area contributed by atoms with Crippen LogP contribution in [-0.4, -0.2) is 47.6 Å². The molecule has 2 heterocycles. The topological polar surface area (TPSA) is 85.3 Å².